The first-order valence-corrected chi connectivity index (χ1v) is 12.2. The Bertz CT molecular complexity index is 1140. The molecule has 0 bridgehead atoms. The molecule has 3 aromatic rings. The third-order valence-corrected chi connectivity index (χ3v) is 7.22. The fourth-order valence-corrected chi connectivity index (χ4v) is 5.33. The van der Waals surface area contributed by atoms with E-state index in [1.165, 1.54) is 12.1 Å². The molecule has 4 rings (SSSR count). The number of aromatic nitrogens is 1. The normalized spacial score (nSPS) is 19.8. The average molecular weight is 464 g/mol. The number of benzene rings is 2. The number of sulfonamides is 1. The Morgan fingerprint density at radius 1 is 1.03 bits per heavy atom. The monoisotopic (exact) mass is 463 g/mol. The van der Waals surface area contributed by atoms with Gasteiger partial charge >= 0.3 is 0 Å². The largest absolute Gasteiger partial charge is 0.372 e. The summed E-state index contributed by atoms with van der Waals surface area (Å²) in [7, 11) is -3.74. The van der Waals surface area contributed by atoms with E-state index in [9.17, 15) is 8.42 Å². The number of hydrogen-bond donors (Lipinski definition) is 1. The van der Waals surface area contributed by atoms with Crippen LogP contribution in [0, 0.1) is 0 Å². The SMILES string of the molecule is CC1CN(c2nc(-c3ccc(Cl)cc3)c(-c3ccc(S(N)(=O)=O)cc3)s2)CC(C)O1. The van der Waals surface area contributed by atoms with Gasteiger partial charge in [0.1, 0.15) is 0 Å². The standard InChI is InChI=1S/C21H22ClN3O3S2/c1-13-11-25(12-14(2)28-13)21-24-19(15-3-7-17(22)8-4-15)20(29-21)16-5-9-18(10-6-16)30(23,26)27/h3-10,13-14H,11-12H2,1-2H3,(H2,23,26,27). The topological polar surface area (TPSA) is 85.5 Å². The van der Waals surface area contributed by atoms with E-state index < -0.39 is 10.0 Å². The highest BCUT2D eigenvalue weighted by Crippen LogP contribution is 2.41. The number of morpholine rings is 1. The van der Waals surface area contributed by atoms with Crippen molar-refractivity contribution >= 4 is 38.1 Å². The molecule has 2 heterocycles. The lowest BCUT2D eigenvalue weighted by molar-refractivity contribution is -0.00522. The number of primary sulfonamides is 1. The maximum atomic E-state index is 11.6. The molecule has 9 heteroatoms. The van der Waals surface area contributed by atoms with Crippen molar-refractivity contribution in [2.45, 2.75) is 31.0 Å². The molecule has 1 aliphatic rings. The second kappa shape index (κ2) is 8.28. The lowest BCUT2D eigenvalue weighted by atomic mass is 10.1. The summed E-state index contributed by atoms with van der Waals surface area (Å²) in [6.07, 6.45) is 0.239. The highest BCUT2D eigenvalue weighted by Gasteiger charge is 2.26. The van der Waals surface area contributed by atoms with E-state index in [0.29, 0.717) is 5.02 Å². The highest BCUT2D eigenvalue weighted by molar-refractivity contribution is 7.89. The predicted octanol–water partition coefficient (Wildman–Crippen LogP) is 4.39. The molecule has 158 valence electrons. The van der Waals surface area contributed by atoms with Crippen molar-refractivity contribution in [3.05, 3.63) is 53.6 Å². The maximum Gasteiger partial charge on any atom is 0.238 e. The van der Waals surface area contributed by atoms with Crippen LogP contribution in [-0.4, -0.2) is 38.7 Å². The van der Waals surface area contributed by atoms with Crippen LogP contribution in [0.25, 0.3) is 21.7 Å². The van der Waals surface area contributed by atoms with E-state index in [0.717, 1.165) is 39.9 Å². The molecule has 0 aliphatic carbocycles. The van der Waals surface area contributed by atoms with Crippen molar-refractivity contribution < 1.29 is 13.2 Å². The van der Waals surface area contributed by atoms with E-state index >= 15 is 0 Å². The minimum atomic E-state index is -3.74. The van der Waals surface area contributed by atoms with Gasteiger partial charge in [0.25, 0.3) is 0 Å². The molecule has 2 atom stereocenters. The van der Waals surface area contributed by atoms with Gasteiger partial charge in [0, 0.05) is 23.7 Å². The molecule has 0 radical (unpaired) electrons. The number of anilines is 1. The van der Waals surface area contributed by atoms with E-state index in [1.54, 1.807) is 23.5 Å². The molecule has 2 N–H and O–H groups in total. The molecule has 1 aromatic heterocycles. The van der Waals surface area contributed by atoms with Crippen LogP contribution >= 0.6 is 22.9 Å². The molecule has 2 unspecified atom stereocenters. The quantitative estimate of drug-likeness (QED) is 0.620. The zero-order chi connectivity index (χ0) is 21.5. The van der Waals surface area contributed by atoms with Gasteiger partial charge in [-0.2, -0.15) is 0 Å². The Kier molecular flexibility index (Phi) is 5.87. The summed E-state index contributed by atoms with van der Waals surface area (Å²) in [6.45, 7) is 5.65. The Morgan fingerprint density at radius 2 is 1.60 bits per heavy atom. The van der Waals surface area contributed by atoms with E-state index in [4.69, 9.17) is 26.5 Å². The molecule has 30 heavy (non-hydrogen) atoms. The van der Waals surface area contributed by atoms with Crippen LogP contribution in [0.2, 0.25) is 5.02 Å². The second-order valence-corrected chi connectivity index (χ2v) is 10.4. The van der Waals surface area contributed by atoms with E-state index in [-0.39, 0.29) is 17.1 Å². The van der Waals surface area contributed by atoms with Crippen LogP contribution in [-0.2, 0) is 14.8 Å². The van der Waals surface area contributed by atoms with Gasteiger partial charge in [-0.3, -0.25) is 0 Å². The first-order valence-electron chi connectivity index (χ1n) is 9.51. The predicted molar refractivity (Wildman–Crippen MR) is 122 cm³/mol. The molecule has 0 amide bonds. The first kappa shape index (κ1) is 21.3. The van der Waals surface area contributed by atoms with E-state index in [1.807, 2.05) is 24.3 Å². The summed E-state index contributed by atoms with van der Waals surface area (Å²) in [5.74, 6) is 0. The van der Waals surface area contributed by atoms with Gasteiger partial charge in [0.15, 0.2) is 5.13 Å². The van der Waals surface area contributed by atoms with Gasteiger partial charge in [0.05, 0.1) is 27.7 Å². The number of hydrogen-bond acceptors (Lipinski definition) is 6. The number of halogens is 1. The molecule has 0 spiro atoms. The van der Waals surface area contributed by atoms with Gasteiger partial charge in [-0.25, -0.2) is 18.5 Å². The number of ether oxygens (including phenoxy) is 1. The maximum absolute atomic E-state index is 11.6. The smallest absolute Gasteiger partial charge is 0.238 e. The second-order valence-electron chi connectivity index (χ2n) is 7.41. The Balaban J connectivity index is 1.79. The fraction of sp³-hybridized carbons (Fsp3) is 0.286. The third kappa shape index (κ3) is 4.53. The molecule has 6 nitrogen and oxygen atoms in total. The van der Waals surface area contributed by atoms with Crippen molar-refractivity contribution in [3.63, 3.8) is 0 Å². The fourth-order valence-electron chi connectivity index (χ4n) is 3.57. The molecular formula is C21H22ClN3O3S2. The zero-order valence-corrected chi connectivity index (χ0v) is 19.0. The summed E-state index contributed by atoms with van der Waals surface area (Å²) in [4.78, 5) is 8.24. The number of rotatable bonds is 4. The van der Waals surface area contributed by atoms with Crippen LogP contribution in [0.5, 0.6) is 0 Å². The number of nitrogens with two attached hydrogens (primary N) is 1. The summed E-state index contributed by atoms with van der Waals surface area (Å²) in [5.41, 5.74) is 2.66. The van der Waals surface area contributed by atoms with Crippen LogP contribution in [0.1, 0.15) is 13.8 Å². The van der Waals surface area contributed by atoms with Gasteiger partial charge in [-0.1, -0.05) is 47.2 Å². The minimum absolute atomic E-state index is 0.0832. The molecule has 1 aliphatic heterocycles. The molecule has 0 saturated carbocycles. The third-order valence-electron chi connectivity index (χ3n) is 4.87. The summed E-state index contributed by atoms with van der Waals surface area (Å²) < 4.78 is 29.1. The number of thiazole rings is 1. The van der Waals surface area contributed by atoms with Crippen molar-refractivity contribution in [2.75, 3.05) is 18.0 Å². The van der Waals surface area contributed by atoms with Crippen molar-refractivity contribution in [2.24, 2.45) is 5.14 Å². The van der Waals surface area contributed by atoms with Crippen LogP contribution in [0.15, 0.2) is 53.4 Å². The van der Waals surface area contributed by atoms with Crippen molar-refractivity contribution in [1.29, 1.82) is 0 Å². The molecule has 1 fully saturated rings. The minimum Gasteiger partial charge on any atom is -0.372 e. The van der Waals surface area contributed by atoms with Gasteiger partial charge in [-0.15, -0.1) is 0 Å². The van der Waals surface area contributed by atoms with Gasteiger partial charge in [-0.05, 0) is 43.7 Å². The zero-order valence-electron chi connectivity index (χ0n) is 16.6. The van der Waals surface area contributed by atoms with Gasteiger partial charge in [0.2, 0.25) is 10.0 Å². The average Bonchev–Trinajstić information content (AvgIpc) is 3.13. The Hall–Kier alpha value is -1.97. The molecule has 2 aromatic carbocycles. The Labute approximate surface area is 185 Å². The first-order chi connectivity index (χ1) is 14.2. The van der Waals surface area contributed by atoms with Crippen LogP contribution in [0.4, 0.5) is 5.13 Å². The van der Waals surface area contributed by atoms with Crippen LogP contribution < -0.4 is 10.0 Å². The summed E-state index contributed by atoms with van der Waals surface area (Å²) in [6, 6.07) is 14.1. The Morgan fingerprint density at radius 3 is 2.17 bits per heavy atom. The summed E-state index contributed by atoms with van der Waals surface area (Å²) >= 11 is 7.65. The highest BCUT2D eigenvalue weighted by atomic mass is 35.5. The van der Waals surface area contributed by atoms with Crippen molar-refractivity contribution in [3.8, 4) is 21.7 Å². The molecular weight excluding hydrogens is 442 g/mol. The molecule has 1 saturated heterocycles. The lowest BCUT2D eigenvalue weighted by Gasteiger charge is -2.35. The number of nitrogens with zero attached hydrogens (tertiary/aromatic N) is 2. The van der Waals surface area contributed by atoms with Crippen molar-refractivity contribution in [1.82, 2.24) is 4.98 Å². The van der Waals surface area contributed by atoms with Gasteiger partial charge < -0.3 is 9.64 Å². The summed E-state index contributed by atoms with van der Waals surface area (Å²) in [5, 5.41) is 6.81. The van der Waals surface area contributed by atoms with E-state index in [2.05, 4.69) is 18.7 Å². The van der Waals surface area contributed by atoms with Crippen LogP contribution in [0.3, 0.4) is 0 Å². The lowest BCUT2D eigenvalue weighted by Crippen LogP contribution is -2.45.